The molecule has 1 N–H and O–H groups in total. The Bertz CT molecular complexity index is 767. The first-order chi connectivity index (χ1) is 8.77. The number of H-pyrrole nitrogens is 1. The summed E-state index contributed by atoms with van der Waals surface area (Å²) in [6, 6.07) is 7.45. The Morgan fingerprint density at radius 3 is 2.89 bits per heavy atom. The molecule has 1 heterocycles. The summed E-state index contributed by atoms with van der Waals surface area (Å²) in [5.41, 5.74) is 0.762. The zero-order valence-electron chi connectivity index (χ0n) is 9.67. The normalized spacial score (nSPS) is 18.3. The second kappa shape index (κ2) is 4.38. The second-order valence-electron chi connectivity index (χ2n) is 4.27. The first-order valence-electron chi connectivity index (χ1n) is 5.84. The van der Waals surface area contributed by atoms with E-state index in [-0.39, 0.29) is 11.6 Å². The zero-order valence-corrected chi connectivity index (χ0v) is 10.5. The average Bonchev–Trinajstić information content (AvgIpc) is 2.40. The molecule has 0 amide bonds. The van der Waals surface area contributed by atoms with E-state index >= 15 is 0 Å². The van der Waals surface area contributed by atoms with Crippen LogP contribution in [0.4, 0.5) is 0 Å². The number of rotatable bonds is 1. The summed E-state index contributed by atoms with van der Waals surface area (Å²) in [7, 11) is 0. The van der Waals surface area contributed by atoms with Crippen molar-refractivity contribution in [1.29, 1.82) is 0 Å². The Labute approximate surface area is 109 Å². The van der Waals surface area contributed by atoms with Crippen molar-refractivity contribution in [3.05, 3.63) is 63.7 Å². The molecule has 1 aromatic heterocycles. The molecule has 0 aliphatic heterocycles. The van der Waals surface area contributed by atoms with Gasteiger partial charge in [-0.15, -0.1) is 0 Å². The molecule has 0 fully saturated rings. The van der Waals surface area contributed by atoms with Gasteiger partial charge >= 0.3 is 0 Å². The number of aromatic amines is 1. The van der Waals surface area contributed by atoms with Gasteiger partial charge in [-0.1, -0.05) is 36.4 Å². The smallest absolute Gasteiger partial charge is 0.262 e. The van der Waals surface area contributed by atoms with Crippen LogP contribution in [0.2, 0.25) is 0 Å². The number of benzene rings is 1. The lowest BCUT2D eigenvalue weighted by atomic mass is 10.1. The molecule has 0 radical (unpaired) electrons. The molecule has 1 aliphatic carbocycles. The first kappa shape index (κ1) is 11.2. The van der Waals surface area contributed by atoms with Crippen LogP contribution >= 0.6 is 12.2 Å². The van der Waals surface area contributed by atoms with Gasteiger partial charge in [-0.2, -0.15) is 0 Å². The van der Waals surface area contributed by atoms with Crippen LogP contribution in [0.5, 0.6) is 0 Å². The minimum Gasteiger partial charge on any atom is -0.332 e. The number of allylic oxidation sites excluding steroid dienone is 4. The summed E-state index contributed by atoms with van der Waals surface area (Å²) >= 11 is 5.30. The van der Waals surface area contributed by atoms with Crippen molar-refractivity contribution < 1.29 is 0 Å². The van der Waals surface area contributed by atoms with Crippen molar-refractivity contribution in [3.63, 3.8) is 0 Å². The molecule has 0 saturated heterocycles. The lowest BCUT2D eigenvalue weighted by Crippen LogP contribution is -2.26. The van der Waals surface area contributed by atoms with E-state index in [4.69, 9.17) is 12.2 Å². The van der Waals surface area contributed by atoms with Crippen LogP contribution in [-0.4, -0.2) is 9.55 Å². The monoisotopic (exact) mass is 256 g/mol. The molecule has 90 valence electrons. The number of hydrogen-bond donors (Lipinski definition) is 1. The molecule has 4 heteroatoms. The lowest BCUT2D eigenvalue weighted by Gasteiger charge is -2.17. The number of para-hydroxylation sites is 1. The van der Waals surface area contributed by atoms with Crippen LogP contribution in [0.15, 0.2) is 53.4 Å². The topological polar surface area (TPSA) is 37.8 Å². The van der Waals surface area contributed by atoms with Gasteiger partial charge in [0, 0.05) is 0 Å². The number of fused-ring (bicyclic) bond motifs is 1. The van der Waals surface area contributed by atoms with Crippen molar-refractivity contribution in [1.82, 2.24) is 9.55 Å². The predicted molar refractivity (Wildman–Crippen MR) is 75.3 cm³/mol. The maximum Gasteiger partial charge on any atom is 0.262 e. The number of aromatic nitrogens is 2. The van der Waals surface area contributed by atoms with E-state index in [0.29, 0.717) is 10.2 Å². The Morgan fingerprint density at radius 1 is 1.28 bits per heavy atom. The number of nitrogens with one attached hydrogen (secondary N) is 1. The molecule has 2 aromatic rings. The molecule has 1 atom stereocenters. The molecule has 1 unspecified atom stereocenters. The van der Waals surface area contributed by atoms with E-state index in [1.54, 1.807) is 4.57 Å². The standard InChI is InChI=1S/C14H12N2OS/c17-13-11-8-4-5-9-12(11)15-14(18)16(13)10-6-2-1-3-7-10/h1-6,8-10H,7H2,(H,15,18). The highest BCUT2D eigenvalue weighted by Gasteiger charge is 2.13. The SMILES string of the molecule is O=c1c2ccccc2[nH]c(=S)n1C1C=CC=CC1. The van der Waals surface area contributed by atoms with Gasteiger partial charge in [0.15, 0.2) is 4.77 Å². The molecule has 0 bridgehead atoms. The lowest BCUT2D eigenvalue weighted by molar-refractivity contribution is 0.573. The highest BCUT2D eigenvalue weighted by atomic mass is 32.1. The minimum atomic E-state index is -0.0284. The molecule has 1 aliphatic rings. The number of nitrogens with zero attached hydrogens (tertiary/aromatic N) is 1. The summed E-state index contributed by atoms with van der Waals surface area (Å²) in [6.07, 6.45) is 8.77. The van der Waals surface area contributed by atoms with Gasteiger partial charge in [-0.25, -0.2) is 0 Å². The minimum absolute atomic E-state index is 0.0101. The first-order valence-corrected chi connectivity index (χ1v) is 6.25. The third-order valence-electron chi connectivity index (χ3n) is 3.13. The van der Waals surface area contributed by atoms with Crippen LogP contribution in [0, 0.1) is 4.77 Å². The fourth-order valence-electron chi connectivity index (χ4n) is 2.24. The van der Waals surface area contributed by atoms with E-state index in [0.717, 1.165) is 11.9 Å². The largest absolute Gasteiger partial charge is 0.332 e. The van der Waals surface area contributed by atoms with Gasteiger partial charge in [-0.3, -0.25) is 9.36 Å². The van der Waals surface area contributed by atoms with Crippen molar-refractivity contribution in [3.8, 4) is 0 Å². The van der Waals surface area contributed by atoms with E-state index in [9.17, 15) is 4.79 Å². The van der Waals surface area contributed by atoms with Crippen LogP contribution in [0.1, 0.15) is 12.5 Å². The summed E-state index contributed by atoms with van der Waals surface area (Å²) in [5.74, 6) is 0. The van der Waals surface area contributed by atoms with Crippen LogP contribution in [0.25, 0.3) is 10.9 Å². The molecular weight excluding hydrogens is 244 g/mol. The molecule has 1 aromatic carbocycles. The molecule has 0 saturated carbocycles. The van der Waals surface area contributed by atoms with Gasteiger partial charge in [0.2, 0.25) is 0 Å². The highest BCUT2D eigenvalue weighted by molar-refractivity contribution is 7.71. The third kappa shape index (κ3) is 1.75. The molecule has 3 nitrogen and oxygen atoms in total. The van der Waals surface area contributed by atoms with E-state index in [2.05, 4.69) is 4.98 Å². The van der Waals surface area contributed by atoms with Crippen LogP contribution in [-0.2, 0) is 0 Å². The molecule has 18 heavy (non-hydrogen) atoms. The number of hydrogen-bond acceptors (Lipinski definition) is 2. The van der Waals surface area contributed by atoms with Gasteiger partial charge < -0.3 is 4.98 Å². The van der Waals surface area contributed by atoms with Crippen molar-refractivity contribution in [2.75, 3.05) is 0 Å². The molecular formula is C14H12N2OS. The van der Waals surface area contributed by atoms with Crippen molar-refractivity contribution in [2.45, 2.75) is 12.5 Å². The fourth-order valence-corrected chi connectivity index (χ4v) is 2.56. The van der Waals surface area contributed by atoms with Gasteiger partial charge in [-0.05, 0) is 30.8 Å². The van der Waals surface area contributed by atoms with Crippen LogP contribution < -0.4 is 5.56 Å². The maximum atomic E-state index is 12.5. The van der Waals surface area contributed by atoms with E-state index in [1.807, 2.05) is 48.6 Å². The zero-order chi connectivity index (χ0) is 12.5. The van der Waals surface area contributed by atoms with E-state index < -0.39 is 0 Å². The van der Waals surface area contributed by atoms with Crippen molar-refractivity contribution in [2.24, 2.45) is 0 Å². The molecule has 3 rings (SSSR count). The Hall–Kier alpha value is -1.94. The summed E-state index contributed by atoms with van der Waals surface area (Å²) < 4.78 is 2.13. The predicted octanol–water partition coefficient (Wildman–Crippen LogP) is 3.12. The van der Waals surface area contributed by atoms with E-state index in [1.165, 1.54) is 0 Å². The highest BCUT2D eigenvalue weighted by Crippen LogP contribution is 2.17. The Kier molecular flexibility index (Phi) is 2.72. The van der Waals surface area contributed by atoms with Gasteiger partial charge in [0.1, 0.15) is 0 Å². The second-order valence-corrected chi connectivity index (χ2v) is 4.65. The fraction of sp³-hybridized carbons (Fsp3) is 0.143. The third-order valence-corrected chi connectivity index (χ3v) is 3.43. The Morgan fingerprint density at radius 2 is 2.11 bits per heavy atom. The van der Waals surface area contributed by atoms with Crippen LogP contribution in [0.3, 0.4) is 0 Å². The van der Waals surface area contributed by atoms with Crippen molar-refractivity contribution >= 4 is 23.1 Å². The Balaban J connectivity index is 2.30. The summed E-state index contributed by atoms with van der Waals surface area (Å²) in [5, 5.41) is 0.675. The van der Waals surface area contributed by atoms with Gasteiger partial charge in [0.05, 0.1) is 16.9 Å². The van der Waals surface area contributed by atoms with Gasteiger partial charge in [0.25, 0.3) is 5.56 Å². The average molecular weight is 256 g/mol. The summed E-state index contributed by atoms with van der Waals surface area (Å²) in [6.45, 7) is 0. The quantitative estimate of drug-likeness (QED) is 0.796. The maximum absolute atomic E-state index is 12.5. The molecule has 0 spiro atoms. The summed E-state index contributed by atoms with van der Waals surface area (Å²) in [4.78, 5) is 15.6.